The van der Waals surface area contributed by atoms with Crippen molar-refractivity contribution in [2.45, 2.75) is 0 Å². The van der Waals surface area contributed by atoms with Crippen LogP contribution in [0.4, 0.5) is 0 Å². The summed E-state index contributed by atoms with van der Waals surface area (Å²) in [6.45, 7) is 0. The van der Waals surface area contributed by atoms with Gasteiger partial charge in [0.05, 0.1) is 22.1 Å². The van der Waals surface area contributed by atoms with Crippen LogP contribution >= 0.6 is 0 Å². The first-order valence-electron chi connectivity index (χ1n) is 21.3. The minimum Gasteiger partial charge on any atom is -0.309 e. The Morgan fingerprint density at radius 1 is 0.210 bits per heavy atom. The van der Waals surface area contributed by atoms with E-state index in [0.29, 0.717) is 0 Å². The fraction of sp³-hybridized carbons (Fsp3) is 0. The first-order valence-corrected chi connectivity index (χ1v) is 21.3. The molecular formula is C60H40N2. The summed E-state index contributed by atoms with van der Waals surface area (Å²) >= 11 is 0. The second-order valence-electron chi connectivity index (χ2n) is 16.1. The van der Waals surface area contributed by atoms with Crippen molar-refractivity contribution in [1.29, 1.82) is 0 Å². The van der Waals surface area contributed by atoms with E-state index in [1.54, 1.807) is 0 Å². The number of aromatic nitrogens is 2. The molecule has 0 fully saturated rings. The molecule has 0 aliphatic rings. The van der Waals surface area contributed by atoms with Crippen LogP contribution in [0.15, 0.2) is 243 Å². The van der Waals surface area contributed by atoms with Gasteiger partial charge in [-0.15, -0.1) is 0 Å². The lowest BCUT2D eigenvalue weighted by Crippen LogP contribution is -1.96. The molecule has 0 radical (unpaired) electrons. The minimum atomic E-state index is 1.14. The normalized spacial score (nSPS) is 11.5. The Kier molecular flexibility index (Phi) is 8.53. The molecule has 62 heavy (non-hydrogen) atoms. The van der Waals surface area contributed by atoms with Gasteiger partial charge < -0.3 is 9.13 Å². The third-order valence-corrected chi connectivity index (χ3v) is 12.6. The molecule has 12 rings (SSSR count). The van der Waals surface area contributed by atoms with Crippen LogP contribution in [-0.4, -0.2) is 9.13 Å². The van der Waals surface area contributed by atoms with Crippen molar-refractivity contribution in [2.24, 2.45) is 0 Å². The summed E-state index contributed by atoms with van der Waals surface area (Å²) in [4.78, 5) is 0. The van der Waals surface area contributed by atoms with Crippen molar-refractivity contribution in [1.82, 2.24) is 9.13 Å². The Morgan fingerprint density at radius 2 is 0.565 bits per heavy atom. The van der Waals surface area contributed by atoms with Crippen LogP contribution in [-0.2, 0) is 0 Å². The van der Waals surface area contributed by atoms with Crippen LogP contribution < -0.4 is 0 Å². The van der Waals surface area contributed by atoms with Gasteiger partial charge in [-0.1, -0.05) is 188 Å². The highest BCUT2D eigenvalue weighted by Crippen LogP contribution is 2.46. The summed E-state index contributed by atoms with van der Waals surface area (Å²) in [5.74, 6) is 0. The van der Waals surface area contributed by atoms with Gasteiger partial charge in [0.1, 0.15) is 0 Å². The summed E-state index contributed by atoms with van der Waals surface area (Å²) in [5.41, 5.74) is 19.0. The molecule has 12 aromatic rings. The molecule has 0 unspecified atom stereocenters. The molecule has 0 spiro atoms. The molecule has 2 nitrogen and oxygen atoms in total. The number of hydrogen-bond acceptors (Lipinski definition) is 0. The number of nitrogens with zero attached hydrogens (tertiary/aromatic N) is 2. The third-order valence-electron chi connectivity index (χ3n) is 12.6. The smallest absolute Gasteiger partial charge is 0.0541 e. The second kappa shape index (κ2) is 14.8. The average molecular weight is 789 g/mol. The van der Waals surface area contributed by atoms with Crippen molar-refractivity contribution in [3.8, 4) is 67.0 Å². The maximum Gasteiger partial charge on any atom is 0.0541 e. The zero-order valence-electron chi connectivity index (χ0n) is 34.0. The van der Waals surface area contributed by atoms with E-state index >= 15 is 0 Å². The van der Waals surface area contributed by atoms with Gasteiger partial charge in [-0.25, -0.2) is 0 Å². The molecule has 0 atom stereocenters. The Labute approximate surface area is 360 Å². The van der Waals surface area contributed by atoms with Gasteiger partial charge in [0.2, 0.25) is 0 Å². The van der Waals surface area contributed by atoms with E-state index in [1.807, 2.05) is 0 Å². The first-order chi connectivity index (χ1) is 30.8. The van der Waals surface area contributed by atoms with Gasteiger partial charge in [-0.3, -0.25) is 0 Å². The van der Waals surface area contributed by atoms with Crippen molar-refractivity contribution in [2.75, 3.05) is 0 Å². The lowest BCUT2D eigenvalue weighted by molar-refractivity contribution is 1.18. The van der Waals surface area contributed by atoms with Gasteiger partial charge >= 0.3 is 0 Å². The molecule has 10 aromatic carbocycles. The van der Waals surface area contributed by atoms with E-state index in [9.17, 15) is 0 Å². The van der Waals surface area contributed by atoms with Gasteiger partial charge in [-0.2, -0.15) is 0 Å². The highest BCUT2D eigenvalue weighted by Gasteiger charge is 2.20. The molecule has 0 amide bonds. The highest BCUT2D eigenvalue weighted by molar-refractivity contribution is 6.10. The predicted octanol–water partition coefficient (Wildman–Crippen LogP) is 16.2. The Balaban J connectivity index is 1.05. The number of fused-ring (bicyclic) bond motifs is 6. The summed E-state index contributed by atoms with van der Waals surface area (Å²) in [7, 11) is 0. The lowest BCUT2D eigenvalue weighted by atomic mass is 9.83. The SMILES string of the molecule is c1ccc(-c2cccc(-c3ccccc3)c2-c2ccc(-c3ccc(-n4c5ccccc5c5ccccc54)cc3)cc2-c2ccc(-n3c4ccccc4c4ccccc43)cc2)cc1. The predicted molar refractivity (Wildman–Crippen MR) is 262 cm³/mol. The van der Waals surface area contributed by atoms with E-state index in [-0.39, 0.29) is 0 Å². The highest BCUT2D eigenvalue weighted by atomic mass is 15.0. The zero-order chi connectivity index (χ0) is 41.0. The fourth-order valence-corrected chi connectivity index (χ4v) is 9.73. The summed E-state index contributed by atoms with van der Waals surface area (Å²) < 4.78 is 4.77. The Morgan fingerprint density at radius 3 is 1.00 bits per heavy atom. The maximum atomic E-state index is 2.40. The number of benzene rings is 10. The fourth-order valence-electron chi connectivity index (χ4n) is 9.73. The zero-order valence-corrected chi connectivity index (χ0v) is 34.0. The van der Waals surface area contributed by atoms with Crippen LogP contribution in [0.5, 0.6) is 0 Å². The molecule has 2 aromatic heterocycles. The molecule has 0 saturated heterocycles. The van der Waals surface area contributed by atoms with Crippen LogP contribution in [0, 0.1) is 0 Å². The average Bonchev–Trinajstić information content (AvgIpc) is 3.87. The van der Waals surface area contributed by atoms with Gasteiger partial charge in [0.25, 0.3) is 0 Å². The van der Waals surface area contributed by atoms with Gasteiger partial charge in [-0.05, 0) is 110 Å². The van der Waals surface area contributed by atoms with E-state index in [1.165, 1.54) is 93.7 Å². The molecule has 0 saturated carbocycles. The van der Waals surface area contributed by atoms with Crippen LogP contribution in [0.2, 0.25) is 0 Å². The number of hydrogen-bond donors (Lipinski definition) is 0. The largest absolute Gasteiger partial charge is 0.309 e. The molecule has 2 heteroatoms. The van der Waals surface area contributed by atoms with Crippen molar-refractivity contribution in [3.63, 3.8) is 0 Å². The van der Waals surface area contributed by atoms with Crippen LogP contribution in [0.1, 0.15) is 0 Å². The molecule has 0 bridgehead atoms. The summed E-state index contributed by atoms with van der Waals surface area (Å²) in [6.07, 6.45) is 0. The summed E-state index contributed by atoms with van der Waals surface area (Å²) in [5, 5.41) is 5.05. The Hall–Kier alpha value is -8.20. The number of para-hydroxylation sites is 4. The summed E-state index contributed by atoms with van der Waals surface area (Å²) in [6, 6.07) is 88.5. The molecule has 2 heterocycles. The van der Waals surface area contributed by atoms with Crippen molar-refractivity contribution < 1.29 is 0 Å². The third kappa shape index (κ3) is 5.88. The van der Waals surface area contributed by atoms with Gasteiger partial charge in [0, 0.05) is 32.9 Å². The van der Waals surface area contributed by atoms with E-state index in [4.69, 9.17) is 0 Å². The van der Waals surface area contributed by atoms with E-state index < -0.39 is 0 Å². The van der Waals surface area contributed by atoms with Gasteiger partial charge in [0.15, 0.2) is 0 Å². The molecule has 0 aliphatic heterocycles. The number of rotatable bonds is 7. The van der Waals surface area contributed by atoms with Crippen molar-refractivity contribution >= 4 is 43.6 Å². The van der Waals surface area contributed by atoms with E-state index in [2.05, 4.69) is 252 Å². The van der Waals surface area contributed by atoms with Crippen LogP contribution in [0.25, 0.3) is 111 Å². The standard InChI is InChI=1S/C60H40N2/c1-3-16-42(17-4-1)48-24-15-25-49(43-18-5-2-6-19-43)60(48)54-39-34-45(41-30-35-46(36-31-41)61-56-26-11-7-20-50(56)51-21-8-12-27-57(51)61)40-55(54)44-32-37-47(38-33-44)62-58-28-13-9-22-52(58)53-23-10-14-29-59(53)62/h1-40H. The first kappa shape index (κ1) is 35.7. The van der Waals surface area contributed by atoms with Crippen molar-refractivity contribution in [3.05, 3.63) is 243 Å². The minimum absolute atomic E-state index is 1.14. The maximum absolute atomic E-state index is 2.40. The quantitative estimate of drug-likeness (QED) is 0.152. The Bertz CT molecular complexity index is 3430. The lowest BCUT2D eigenvalue weighted by Gasteiger charge is -2.20. The molecule has 290 valence electrons. The monoisotopic (exact) mass is 788 g/mol. The second-order valence-corrected chi connectivity index (χ2v) is 16.1. The van der Waals surface area contributed by atoms with E-state index in [0.717, 1.165) is 16.9 Å². The molecular weight excluding hydrogens is 749 g/mol. The molecule has 0 aliphatic carbocycles. The topological polar surface area (TPSA) is 9.86 Å². The van der Waals surface area contributed by atoms with Crippen LogP contribution in [0.3, 0.4) is 0 Å². The molecule has 0 N–H and O–H groups in total.